The highest BCUT2D eigenvalue weighted by molar-refractivity contribution is 7.99. The fourth-order valence-corrected chi connectivity index (χ4v) is 4.96. The average molecular weight is 549 g/mol. The third-order valence-electron chi connectivity index (χ3n) is 6.00. The summed E-state index contributed by atoms with van der Waals surface area (Å²) in [4.78, 5) is 42.5. The van der Waals surface area contributed by atoms with Crippen molar-refractivity contribution in [3.8, 4) is 0 Å². The molecule has 0 radical (unpaired) electrons. The van der Waals surface area contributed by atoms with E-state index in [1.807, 2.05) is 0 Å². The van der Waals surface area contributed by atoms with E-state index >= 15 is 0 Å². The van der Waals surface area contributed by atoms with Crippen LogP contribution in [0, 0.1) is 0 Å². The second-order valence-corrected chi connectivity index (χ2v) is 9.73. The van der Waals surface area contributed by atoms with E-state index in [9.17, 15) is 27.6 Å². The van der Waals surface area contributed by atoms with Crippen LogP contribution in [-0.4, -0.2) is 46.4 Å². The van der Waals surface area contributed by atoms with Crippen LogP contribution in [0.2, 0.25) is 0 Å². The maximum Gasteiger partial charge on any atom is 0.418 e. The average Bonchev–Trinajstić information content (AvgIpc) is 3.41. The van der Waals surface area contributed by atoms with Crippen molar-refractivity contribution < 1.29 is 27.5 Å². The highest BCUT2D eigenvalue weighted by Crippen LogP contribution is 2.34. The highest BCUT2D eigenvalue weighted by Gasteiger charge is 2.33. The Hall–Kier alpha value is -3.38. The molecule has 8 nitrogen and oxygen atoms in total. The molecule has 12 heteroatoms. The number of halogens is 3. The summed E-state index contributed by atoms with van der Waals surface area (Å²) in [5.74, 6) is -1.09. The normalized spacial score (nSPS) is 15.5. The number of nitrogens with one attached hydrogen (secondary N) is 2. The maximum atomic E-state index is 13.3. The molecule has 38 heavy (non-hydrogen) atoms. The number of hydrogen-bond donors (Lipinski definition) is 2. The SMILES string of the molecule is O=C(CCCn1c(SCC(=O)Nc2ccccc2C(F)(F)F)nc2ccccc2c1=O)NC[C@H]1CCCO1. The molecule has 2 amide bonds. The number of aromatic nitrogens is 2. The molecule has 0 bridgehead atoms. The minimum absolute atomic E-state index is 0.0310. The van der Waals surface area contributed by atoms with E-state index in [-0.39, 0.29) is 47.1 Å². The fraction of sp³-hybridized carbons (Fsp3) is 0.385. The number of amides is 2. The lowest BCUT2D eigenvalue weighted by molar-refractivity contribution is -0.137. The second-order valence-electron chi connectivity index (χ2n) is 8.79. The first-order chi connectivity index (χ1) is 18.2. The van der Waals surface area contributed by atoms with Gasteiger partial charge in [0.1, 0.15) is 0 Å². The van der Waals surface area contributed by atoms with E-state index in [1.54, 1.807) is 24.3 Å². The molecule has 0 saturated carbocycles. The van der Waals surface area contributed by atoms with Crippen molar-refractivity contribution in [2.75, 3.05) is 24.2 Å². The number of hydrogen-bond acceptors (Lipinski definition) is 6. The van der Waals surface area contributed by atoms with Gasteiger partial charge >= 0.3 is 6.18 Å². The number of thioether (sulfide) groups is 1. The van der Waals surface area contributed by atoms with Crippen LogP contribution < -0.4 is 16.2 Å². The van der Waals surface area contributed by atoms with E-state index < -0.39 is 17.6 Å². The van der Waals surface area contributed by atoms with Crippen molar-refractivity contribution in [2.24, 2.45) is 0 Å². The molecule has 1 aromatic heterocycles. The summed E-state index contributed by atoms with van der Waals surface area (Å²) >= 11 is 0.944. The van der Waals surface area contributed by atoms with E-state index in [2.05, 4.69) is 15.6 Å². The van der Waals surface area contributed by atoms with Gasteiger partial charge in [0.25, 0.3) is 5.56 Å². The summed E-state index contributed by atoms with van der Waals surface area (Å²) in [6.45, 7) is 1.33. The quantitative estimate of drug-likeness (QED) is 0.291. The summed E-state index contributed by atoms with van der Waals surface area (Å²) < 4.78 is 46.7. The van der Waals surface area contributed by atoms with Crippen LogP contribution in [0.1, 0.15) is 31.2 Å². The van der Waals surface area contributed by atoms with Crippen LogP contribution in [0.5, 0.6) is 0 Å². The number of ether oxygens (including phenoxy) is 1. The Morgan fingerprint density at radius 1 is 1.11 bits per heavy atom. The number of fused-ring (bicyclic) bond motifs is 1. The predicted molar refractivity (Wildman–Crippen MR) is 138 cm³/mol. The van der Waals surface area contributed by atoms with Crippen molar-refractivity contribution in [3.05, 3.63) is 64.4 Å². The zero-order chi connectivity index (χ0) is 27.1. The molecule has 1 saturated heterocycles. The van der Waals surface area contributed by atoms with Gasteiger partial charge < -0.3 is 15.4 Å². The minimum Gasteiger partial charge on any atom is -0.376 e. The van der Waals surface area contributed by atoms with Gasteiger partial charge in [0, 0.05) is 26.1 Å². The number of nitrogens with zero attached hydrogens (tertiary/aromatic N) is 2. The topological polar surface area (TPSA) is 102 Å². The van der Waals surface area contributed by atoms with Gasteiger partial charge in [-0.15, -0.1) is 0 Å². The van der Waals surface area contributed by atoms with Crippen molar-refractivity contribution in [1.29, 1.82) is 0 Å². The van der Waals surface area contributed by atoms with E-state index in [0.29, 0.717) is 30.5 Å². The number of rotatable bonds is 10. The number of para-hydroxylation sites is 2. The van der Waals surface area contributed by atoms with Gasteiger partial charge in [-0.25, -0.2) is 4.98 Å². The lowest BCUT2D eigenvalue weighted by atomic mass is 10.1. The van der Waals surface area contributed by atoms with Crippen molar-refractivity contribution >= 4 is 40.2 Å². The molecule has 0 unspecified atom stereocenters. The Balaban J connectivity index is 1.43. The van der Waals surface area contributed by atoms with Crippen LogP contribution in [0.15, 0.2) is 58.5 Å². The molecule has 2 aromatic carbocycles. The highest BCUT2D eigenvalue weighted by atomic mass is 32.2. The Morgan fingerprint density at radius 3 is 2.63 bits per heavy atom. The summed E-state index contributed by atoms with van der Waals surface area (Å²) in [7, 11) is 0. The van der Waals surface area contributed by atoms with E-state index in [4.69, 9.17) is 4.74 Å². The second kappa shape index (κ2) is 12.4. The Kier molecular flexibility index (Phi) is 9.05. The smallest absolute Gasteiger partial charge is 0.376 e. The van der Waals surface area contributed by atoms with E-state index in [0.717, 1.165) is 30.7 Å². The van der Waals surface area contributed by atoms with Crippen LogP contribution in [0.25, 0.3) is 10.9 Å². The molecule has 1 fully saturated rings. The van der Waals surface area contributed by atoms with Gasteiger partial charge in [-0.1, -0.05) is 36.0 Å². The Bertz CT molecular complexity index is 1360. The zero-order valence-electron chi connectivity index (χ0n) is 20.4. The molecule has 202 valence electrons. The molecule has 3 aromatic rings. The first-order valence-corrected chi connectivity index (χ1v) is 13.2. The lowest BCUT2D eigenvalue weighted by Crippen LogP contribution is -2.32. The molecule has 1 aliphatic heterocycles. The van der Waals surface area contributed by atoms with Gasteiger partial charge in [0.15, 0.2) is 5.16 Å². The standard InChI is InChI=1S/C26H27F3N4O4S/c27-26(28,29)19-9-2-4-11-21(19)31-23(35)16-38-25-32-20-10-3-1-8-18(20)24(36)33(25)13-5-12-22(34)30-15-17-7-6-14-37-17/h1-4,8-11,17H,5-7,12-16H2,(H,30,34)(H,31,35)/t17-/m1/s1. The van der Waals surface area contributed by atoms with Crippen LogP contribution in [-0.2, 0) is 27.0 Å². The number of carbonyl (C=O) groups is 2. The Labute approximate surface area is 221 Å². The van der Waals surface area contributed by atoms with Gasteiger partial charge in [-0.05, 0) is 43.5 Å². The largest absolute Gasteiger partial charge is 0.418 e. The third kappa shape index (κ3) is 7.13. The first kappa shape index (κ1) is 27.6. The summed E-state index contributed by atoms with van der Waals surface area (Å²) in [5, 5.41) is 5.77. The number of anilines is 1. The number of benzene rings is 2. The van der Waals surface area contributed by atoms with E-state index in [1.165, 1.54) is 22.8 Å². The summed E-state index contributed by atoms with van der Waals surface area (Å²) in [6.07, 6.45) is -2.15. The van der Waals surface area contributed by atoms with Crippen LogP contribution >= 0.6 is 11.8 Å². The molecule has 4 rings (SSSR count). The van der Waals surface area contributed by atoms with Gasteiger partial charge in [-0.3, -0.25) is 19.0 Å². The summed E-state index contributed by atoms with van der Waals surface area (Å²) in [5.41, 5.74) is -1.17. The van der Waals surface area contributed by atoms with Crippen molar-refractivity contribution in [2.45, 2.75) is 49.7 Å². The lowest BCUT2D eigenvalue weighted by Gasteiger charge is -2.15. The van der Waals surface area contributed by atoms with Crippen LogP contribution in [0.3, 0.4) is 0 Å². The van der Waals surface area contributed by atoms with Gasteiger partial charge in [0.05, 0.1) is 34.0 Å². The molecule has 1 aliphatic rings. The molecule has 0 spiro atoms. The summed E-state index contributed by atoms with van der Waals surface area (Å²) in [6, 6.07) is 11.5. The van der Waals surface area contributed by atoms with Crippen molar-refractivity contribution in [1.82, 2.24) is 14.9 Å². The number of carbonyl (C=O) groups excluding carboxylic acids is 2. The zero-order valence-corrected chi connectivity index (χ0v) is 21.2. The Morgan fingerprint density at radius 2 is 1.87 bits per heavy atom. The number of alkyl halides is 3. The van der Waals surface area contributed by atoms with Gasteiger partial charge in [0.2, 0.25) is 11.8 Å². The monoisotopic (exact) mass is 548 g/mol. The predicted octanol–water partition coefficient (Wildman–Crippen LogP) is 4.22. The molecular weight excluding hydrogens is 521 g/mol. The molecule has 2 heterocycles. The van der Waals surface area contributed by atoms with Crippen molar-refractivity contribution in [3.63, 3.8) is 0 Å². The fourth-order valence-electron chi connectivity index (χ4n) is 4.13. The molecule has 1 atom stereocenters. The van der Waals surface area contributed by atoms with Crippen LogP contribution in [0.4, 0.5) is 18.9 Å². The third-order valence-corrected chi connectivity index (χ3v) is 6.98. The molecule has 2 N–H and O–H groups in total. The minimum atomic E-state index is -4.62. The maximum absolute atomic E-state index is 13.3. The first-order valence-electron chi connectivity index (χ1n) is 12.2. The molecular formula is C26H27F3N4O4S. The molecule has 0 aliphatic carbocycles. The van der Waals surface area contributed by atoms with Gasteiger partial charge in [-0.2, -0.15) is 13.2 Å².